The van der Waals surface area contributed by atoms with E-state index in [1.54, 1.807) is 31.2 Å². The number of amides is 1. The fraction of sp³-hybridized carbons (Fsp3) is 0.300. The quantitative estimate of drug-likeness (QED) is 0.544. The van der Waals surface area contributed by atoms with Gasteiger partial charge in [0.1, 0.15) is 0 Å². The molecule has 1 aliphatic carbocycles. The van der Waals surface area contributed by atoms with Gasteiger partial charge in [0.15, 0.2) is 0 Å². The number of carbonyl (C=O) groups excluding carboxylic acids is 1. The van der Waals surface area contributed by atoms with Gasteiger partial charge in [-0.25, -0.2) is 0 Å². The van der Waals surface area contributed by atoms with E-state index in [-0.39, 0.29) is 16.7 Å². The minimum Gasteiger partial charge on any atom is -0.326 e. The first-order valence-corrected chi connectivity index (χ1v) is 10.9. The molecule has 1 saturated carbocycles. The minimum atomic E-state index is -3.77. The second kappa shape index (κ2) is 8.75. The Morgan fingerprint density at radius 1 is 1.04 bits per heavy atom. The van der Waals surface area contributed by atoms with Crippen LogP contribution in [0.3, 0.4) is 0 Å². The molecule has 2 aromatic rings. The molecule has 8 heteroatoms. The number of nitrogens with one attached hydrogen (secondary N) is 2. The predicted molar refractivity (Wildman–Crippen MR) is 111 cm³/mol. The molecule has 1 aliphatic rings. The third kappa shape index (κ3) is 5.11. The summed E-state index contributed by atoms with van der Waals surface area (Å²) in [5.41, 5.74) is 1.97. The number of halogens is 1. The lowest BCUT2D eigenvalue weighted by molar-refractivity contribution is -0.119. The Kier molecular flexibility index (Phi) is 6.36. The predicted octanol–water partition coefficient (Wildman–Crippen LogP) is 4.17. The Morgan fingerprint density at radius 2 is 1.64 bits per heavy atom. The maximum atomic E-state index is 12.3. The van der Waals surface area contributed by atoms with Crippen LogP contribution in [0.4, 0.5) is 5.69 Å². The second-order valence-electron chi connectivity index (χ2n) is 6.79. The van der Waals surface area contributed by atoms with Gasteiger partial charge in [-0.1, -0.05) is 36.6 Å². The van der Waals surface area contributed by atoms with Crippen molar-refractivity contribution >= 4 is 38.9 Å². The lowest BCUT2D eigenvalue weighted by Crippen LogP contribution is -2.20. The number of nitrogens with zero attached hydrogens (tertiary/aromatic N) is 1. The van der Waals surface area contributed by atoms with E-state index >= 15 is 0 Å². The summed E-state index contributed by atoms with van der Waals surface area (Å²) in [5, 5.41) is 7.37. The zero-order chi connectivity index (χ0) is 20.1. The Hall–Kier alpha value is -2.38. The van der Waals surface area contributed by atoms with Crippen molar-refractivity contribution < 1.29 is 13.2 Å². The summed E-state index contributed by atoms with van der Waals surface area (Å²) in [7, 11) is -3.77. The normalized spacial score (nSPS) is 15.4. The number of hydrazone groups is 1. The molecular weight excluding hydrogens is 398 g/mol. The van der Waals surface area contributed by atoms with Crippen molar-refractivity contribution in [1.82, 2.24) is 4.83 Å². The molecule has 0 bridgehead atoms. The molecule has 6 nitrogen and oxygen atoms in total. The van der Waals surface area contributed by atoms with E-state index in [0.717, 1.165) is 36.9 Å². The molecule has 2 aromatic carbocycles. The summed E-state index contributed by atoms with van der Waals surface area (Å²) < 4.78 is 24.5. The number of hydrogen-bond acceptors (Lipinski definition) is 4. The number of rotatable bonds is 6. The molecular formula is C20H22ClN3O3S. The van der Waals surface area contributed by atoms with Gasteiger partial charge in [0.05, 0.1) is 10.6 Å². The van der Waals surface area contributed by atoms with Gasteiger partial charge in [-0.05, 0) is 61.7 Å². The van der Waals surface area contributed by atoms with Crippen LogP contribution in [-0.2, 0) is 14.8 Å². The molecule has 0 unspecified atom stereocenters. The molecule has 28 heavy (non-hydrogen) atoms. The summed E-state index contributed by atoms with van der Waals surface area (Å²) in [6.07, 6.45) is 4.12. The molecule has 0 aromatic heterocycles. The summed E-state index contributed by atoms with van der Waals surface area (Å²) in [5.74, 6) is 0.164. The lowest BCUT2D eigenvalue weighted by atomic mass is 10.1. The van der Waals surface area contributed by atoms with Gasteiger partial charge in [-0.2, -0.15) is 18.4 Å². The number of sulfonamides is 1. The zero-order valence-corrected chi connectivity index (χ0v) is 17.1. The molecule has 0 heterocycles. The van der Waals surface area contributed by atoms with Crippen LogP contribution < -0.4 is 10.1 Å². The number of carbonyl (C=O) groups is 1. The molecule has 0 atom stereocenters. The third-order valence-corrected chi connectivity index (χ3v) is 6.23. The number of hydrogen-bond donors (Lipinski definition) is 2. The van der Waals surface area contributed by atoms with Crippen LogP contribution in [0.5, 0.6) is 0 Å². The maximum Gasteiger partial charge on any atom is 0.276 e. The standard InChI is InChI=1S/C20H22ClN3O3S/c1-14(23-24-28(26,27)19-12-8-17(21)9-13-19)15-6-10-18(11-7-15)22-20(25)16-4-2-3-5-16/h6-13,16,24H,2-5H2,1H3,(H,22,25)/b23-14+. The summed E-state index contributed by atoms with van der Waals surface area (Å²) in [6.45, 7) is 1.70. The van der Waals surface area contributed by atoms with E-state index in [2.05, 4.69) is 15.2 Å². The highest BCUT2D eigenvalue weighted by atomic mass is 35.5. The molecule has 0 spiro atoms. The Bertz CT molecular complexity index is 965. The van der Waals surface area contributed by atoms with Crippen molar-refractivity contribution in [3.63, 3.8) is 0 Å². The monoisotopic (exact) mass is 419 g/mol. The molecule has 148 valence electrons. The molecule has 0 saturated heterocycles. The SMILES string of the molecule is C/C(=N\NS(=O)(=O)c1ccc(Cl)cc1)c1ccc(NC(=O)C2CCCC2)cc1. The molecule has 0 radical (unpaired) electrons. The smallest absolute Gasteiger partial charge is 0.276 e. The first-order chi connectivity index (χ1) is 13.3. The fourth-order valence-corrected chi connectivity index (χ4v) is 4.07. The third-order valence-electron chi connectivity index (χ3n) is 4.75. The van der Waals surface area contributed by atoms with Crippen LogP contribution in [0.2, 0.25) is 5.02 Å². The van der Waals surface area contributed by atoms with Crippen molar-refractivity contribution in [2.45, 2.75) is 37.5 Å². The van der Waals surface area contributed by atoms with Crippen LogP contribution in [0.25, 0.3) is 0 Å². The molecule has 2 N–H and O–H groups in total. The first-order valence-electron chi connectivity index (χ1n) is 9.08. The van der Waals surface area contributed by atoms with Gasteiger partial charge in [0.2, 0.25) is 5.91 Å². The van der Waals surface area contributed by atoms with E-state index in [1.165, 1.54) is 24.3 Å². The summed E-state index contributed by atoms with van der Waals surface area (Å²) in [4.78, 5) is 14.5. The van der Waals surface area contributed by atoms with E-state index < -0.39 is 10.0 Å². The van der Waals surface area contributed by atoms with E-state index in [4.69, 9.17) is 11.6 Å². The highest BCUT2D eigenvalue weighted by Gasteiger charge is 2.22. The van der Waals surface area contributed by atoms with Gasteiger partial charge in [-0.15, -0.1) is 0 Å². The summed E-state index contributed by atoms with van der Waals surface area (Å²) >= 11 is 5.78. The summed E-state index contributed by atoms with van der Waals surface area (Å²) in [6, 6.07) is 13.0. The van der Waals surface area contributed by atoms with Crippen LogP contribution >= 0.6 is 11.6 Å². The lowest BCUT2D eigenvalue weighted by Gasteiger charge is -2.11. The van der Waals surface area contributed by atoms with E-state index in [0.29, 0.717) is 10.7 Å². The van der Waals surface area contributed by atoms with Crippen LogP contribution in [0.1, 0.15) is 38.2 Å². The zero-order valence-electron chi connectivity index (χ0n) is 15.5. The average Bonchev–Trinajstić information content (AvgIpc) is 3.22. The van der Waals surface area contributed by atoms with Gasteiger partial charge in [0.25, 0.3) is 10.0 Å². The Labute approximate surface area is 170 Å². The van der Waals surface area contributed by atoms with Crippen LogP contribution in [0, 0.1) is 5.92 Å². The van der Waals surface area contributed by atoms with Crippen molar-refractivity contribution in [3.8, 4) is 0 Å². The van der Waals surface area contributed by atoms with Crippen molar-refractivity contribution in [1.29, 1.82) is 0 Å². The Balaban J connectivity index is 1.64. The van der Waals surface area contributed by atoms with Crippen LogP contribution in [0.15, 0.2) is 58.5 Å². The van der Waals surface area contributed by atoms with Crippen LogP contribution in [-0.4, -0.2) is 20.0 Å². The van der Waals surface area contributed by atoms with Gasteiger partial charge in [0, 0.05) is 16.6 Å². The highest BCUT2D eigenvalue weighted by molar-refractivity contribution is 7.89. The molecule has 1 amide bonds. The fourth-order valence-electron chi connectivity index (χ4n) is 3.09. The molecule has 3 rings (SSSR count). The topological polar surface area (TPSA) is 87.6 Å². The molecule has 1 fully saturated rings. The number of anilines is 1. The number of benzene rings is 2. The first kappa shape index (κ1) is 20.4. The van der Waals surface area contributed by atoms with Gasteiger partial charge < -0.3 is 5.32 Å². The minimum absolute atomic E-state index is 0.0614. The van der Waals surface area contributed by atoms with E-state index in [9.17, 15) is 13.2 Å². The largest absolute Gasteiger partial charge is 0.326 e. The average molecular weight is 420 g/mol. The van der Waals surface area contributed by atoms with E-state index in [1.807, 2.05) is 0 Å². The maximum absolute atomic E-state index is 12.3. The second-order valence-corrected chi connectivity index (χ2v) is 8.89. The van der Waals surface area contributed by atoms with Crippen molar-refractivity contribution in [2.24, 2.45) is 11.0 Å². The van der Waals surface area contributed by atoms with Crippen molar-refractivity contribution in [2.75, 3.05) is 5.32 Å². The molecule has 0 aliphatic heterocycles. The van der Waals surface area contributed by atoms with Crippen molar-refractivity contribution in [3.05, 3.63) is 59.1 Å². The Morgan fingerprint density at radius 3 is 2.25 bits per heavy atom. The van der Waals surface area contributed by atoms with Gasteiger partial charge >= 0.3 is 0 Å². The van der Waals surface area contributed by atoms with Gasteiger partial charge in [-0.3, -0.25) is 4.79 Å². The highest BCUT2D eigenvalue weighted by Crippen LogP contribution is 2.26.